The molecule has 1 N–H and O–H groups in total. The van der Waals surface area contributed by atoms with Gasteiger partial charge in [0.25, 0.3) is 0 Å². The van der Waals surface area contributed by atoms with Crippen molar-refractivity contribution in [3.63, 3.8) is 0 Å². The van der Waals surface area contributed by atoms with Gasteiger partial charge in [0.05, 0.1) is 12.1 Å². The predicted octanol–water partition coefficient (Wildman–Crippen LogP) is 1.03. The predicted molar refractivity (Wildman–Crippen MR) is 71.3 cm³/mol. The second kappa shape index (κ2) is 4.57. The van der Waals surface area contributed by atoms with Crippen molar-refractivity contribution < 1.29 is 5.11 Å². The van der Waals surface area contributed by atoms with Gasteiger partial charge in [-0.15, -0.1) is 5.10 Å². The fourth-order valence-corrected chi connectivity index (χ4v) is 2.69. The molecule has 1 aliphatic carbocycles. The van der Waals surface area contributed by atoms with Gasteiger partial charge in [-0.25, -0.2) is 4.68 Å². The van der Waals surface area contributed by atoms with Crippen LogP contribution >= 0.6 is 11.6 Å². The van der Waals surface area contributed by atoms with E-state index in [4.69, 9.17) is 11.6 Å². The van der Waals surface area contributed by atoms with E-state index >= 15 is 0 Å². The monoisotopic (exact) mass is 282 g/mol. The first-order valence-corrected chi connectivity index (χ1v) is 6.59. The number of aromatic nitrogens is 5. The zero-order valence-electron chi connectivity index (χ0n) is 10.8. The van der Waals surface area contributed by atoms with Crippen molar-refractivity contribution in [3.8, 4) is 0 Å². The zero-order chi connectivity index (χ0) is 13.6. The second-order valence-corrected chi connectivity index (χ2v) is 5.32. The summed E-state index contributed by atoms with van der Waals surface area (Å²) in [7, 11) is 3.73. The first-order valence-electron chi connectivity index (χ1n) is 6.21. The molecule has 2 atom stereocenters. The minimum atomic E-state index is -0.401. The molecule has 0 radical (unpaired) electrons. The lowest BCUT2D eigenvalue weighted by Crippen LogP contribution is -2.20. The number of hydrogen-bond donors (Lipinski definition) is 1. The van der Waals surface area contributed by atoms with Crippen LogP contribution in [0.5, 0.6) is 0 Å². The van der Waals surface area contributed by atoms with E-state index in [-0.39, 0.29) is 11.3 Å². The number of aliphatic hydroxyl groups excluding tert-OH is 1. The lowest BCUT2D eigenvalue weighted by Gasteiger charge is -2.15. The summed E-state index contributed by atoms with van der Waals surface area (Å²) in [5.41, 5.74) is 1.18. The van der Waals surface area contributed by atoms with Gasteiger partial charge in [0.1, 0.15) is 0 Å². The Kier molecular flexibility index (Phi) is 3.02. The van der Waals surface area contributed by atoms with E-state index in [9.17, 15) is 5.11 Å². The minimum Gasteiger partial charge on any atom is -0.391 e. The molecule has 102 valence electrons. The van der Waals surface area contributed by atoms with Gasteiger partial charge in [-0.2, -0.15) is 9.97 Å². The Hall–Kier alpha value is -1.47. The summed E-state index contributed by atoms with van der Waals surface area (Å²) in [5.74, 6) is 0.633. The first kappa shape index (κ1) is 12.6. The van der Waals surface area contributed by atoms with Crippen LogP contribution in [0, 0.1) is 0 Å². The van der Waals surface area contributed by atoms with E-state index in [1.54, 1.807) is 4.68 Å². The van der Waals surface area contributed by atoms with Gasteiger partial charge < -0.3 is 10.0 Å². The Balaban J connectivity index is 2.17. The minimum absolute atomic E-state index is 0.0778. The largest absolute Gasteiger partial charge is 0.391 e. The fraction of sp³-hybridized carbons (Fsp3) is 0.636. The summed E-state index contributed by atoms with van der Waals surface area (Å²) in [6.45, 7) is 0. The maximum atomic E-state index is 9.99. The van der Waals surface area contributed by atoms with Crippen molar-refractivity contribution in [2.45, 2.75) is 31.4 Å². The average molecular weight is 283 g/mol. The molecule has 0 bridgehead atoms. The van der Waals surface area contributed by atoms with Crippen LogP contribution in [0.3, 0.4) is 0 Å². The molecule has 0 aliphatic heterocycles. The van der Waals surface area contributed by atoms with Crippen LogP contribution in [0.25, 0.3) is 11.2 Å². The van der Waals surface area contributed by atoms with Crippen LogP contribution in [0.1, 0.15) is 25.3 Å². The molecule has 1 aliphatic rings. The lowest BCUT2D eigenvalue weighted by atomic mass is 10.2. The smallest absolute Gasteiger partial charge is 0.226 e. The molecule has 19 heavy (non-hydrogen) atoms. The molecule has 1 saturated carbocycles. The van der Waals surface area contributed by atoms with E-state index in [0.29, 0.717) is 17.0 Å². The summed E-state index contributed by atoms with van der Waals surface area (Å²) in [5, 5.41) is 18.4. The van der Waals surface area contributed by atoms with E-state index in [2.05, 4.69) is 20.3 Å². The number of fused-ring (bicyclic) bond motifs is 1. The maximum Gasteiger partial charge on any atom is 0.226 e. The van der Waals surface area contributed by atoms with Crippen LogP contribution < -0.4 is 4.90 Å². The normalized spacial score (nSPS) is 23.2. The van der Waals surface area contributed by atoms with E-state index in [0.717, 1.165) is 19.3 Å². The molecule has 7 nitrogen and oxygen atoms in total. The highest BCUT2D eigenvalue weighted by Crippen LogP contribution is 2.32. The summed E-state index contributed by atoms with van der Waals surface area (Å²) < 4.78 is 1.67. The molecule has 2 aromatic heterocycles. The van der Waals surface area contributed by atoms with Gasteiger partial charge in [-0.05, 0) is 30.9 Å². The molecule has 8 heteroatoms. The SMILES string of the molecule is CN(C)c1nc(Cl)nc2c1nnn2[C@H]1CCC[C@H]1O. The average Bonchev–Trinajstić information content (AvgIpc) is 2.93. The molecule has 2 aromatic rings. The van der Waals surface area contributed by atoms with Crippen molar-refractivity contribution in [1.82, 2.24) is 25.0 Å². The third kappa shape index (κ3) is 2.02. The van der Waals surface area contributed by atoms with Crippen LogP contribution in [-0.2, 0) is 0 Å². The molecule has 0 saturated heterocycles. The van der Waals surface area contributed by atoms with Crippen molar-refractivity contribution in [3.05, 3.63) is 5.28 Å². The highest BCUT2D eigenvalue weighted by Gasteiger charge is 2.30. The summed E-state index contributed by atoms with van der Waals surface area (Å²) in [6.07, 6.45) is 2.23. The van der Waals surface area contributed by atoms with Crippen molar-refractivity contribution in [1.29, 1.82) is 0 Å². The molecular formula is C11H15ClN6O. The number of anilines is 1. The van der Waals surface area contributed by atoms with Crippen molar-refractivity contribution in [2.24, 2.45) is 0 Å². The number of rotatable bonds is 2. The molecule has 0 amide bonds. The highest BCUT2D eigenvalue weighted by molar-refractivity contribution is 6.28. The Morgan fingerprint density at radius 2 is 2.11 bits per heavy atom. The Bertz CT molecular complexity index is 612. The first-order chi connectivity index (χ1) is 9.08. The van der Waals surface area contributed by atoms with Crippen LogP contribution in [0.2, 0.25) is 5.28 Å². The Morgan fingerprint density at radius 3 is 2.74 bits per heavy atom. The van der Waals surface area contributed by atoms with Gasteiger partial charge in [0.2, 0.25) is 5.28 Å². The number of halogens is 1. The molecule has 2 heterocycles. The Labute approximate surface area is 115 Å². The standard InChI is InChI=1S/C11H15ClN6O/c1-17(2)9-8-10(14-11(12)13-9)18(16-15-8)6-4-3-5-7(6)19/h6-7,19H,3-5H2,1-2H3/t6-,7+/m0/s1. The number of nitrogens with zero attached hydrogens (tertiary/aromatic N) is 6. The lowest BCUT2D eigenvalue weighted by molar-refractivity contribution is 0.131. The second-order valence-electron chi connectivity index (χ2n) is 4.98. The van der Waals surface area contributed by atoms with Crippen molar-refractivity contribution >= 4 is 28.6 Å². The van der Waals surface area contributed by atoms with E-state index in [1.807, 2.05) is 19.0 Å². The molecule has 0 aromatic carbocycles. The molecule has 3 rings (SSSR count). The van der Waals surface area contributed by atoms with Gasteiger partial charge in [-0.1, -0.05) is 5.21 Å². The van der Waals surface area contributed by atoms with Gasteiger partial charge >= 0.3 is 0 Å². The Morgan fingerprint density at radius 1 is 1.32 bits per heavy atom. The van der Waals surface area contributed by atoms with Crippen molar-refractivity contribution in [2.75, 3.05) is 19.0 Å². The van der Waals surface area contributed by atoms with E-state index < -0.39 is 6.10 Å². The number of aliphatic hydroxyl groups is 1. The third-order valence-electron chi connectivity index (χ3n) is 3.46. The number of hydrogen-bond acceptors (Lipinski definition) is 6. The summed E-state index contributed by atoms with van der Waals surface area (Å²) >= 11 is 5.96. The topological polar surface area (TPSA) is 80.0 Å². The maximum absolute atomic E-state index is 9.99. The third-order valence-corrected chi connectivity index (χ3v) is 3.63. The zero-order valence-corrected chi connectivity index (χ0v) is 11.5. The molecule has 1 fully saturated rings. The van der Waals surface area contributed by atoms with Crippen LogP contribution in [-0.4, -0.2) is 50.3 Å². The van der Waals surface area contributed by atoms with Gasteiger partial charge in [0, 0.05) is 14.1 Å². The highest BCUT2D eigenvalue weighted by atomic mass is 35.5. The summed E-state index contributed by atoms with van der Waals surface area (Å²) in [4.78, 5) is 10.2. The van der Waals surface area contributed by atoms with E-state index in [1.165, 1.54) is 0 Å². The van der Waals surface area contributed by atoms with Crippen LogP contribution in [0.15, 0.2) is 0 Å². The molecule has 0 unspecified atom stereocenters. The molecular weight excluding hydrogens is 268 g/mol. The van der Waals surface area contributed by atoms with Gasteiger partial charge in [0.15, 0.2) is 17.0 Å². The van der Waals surface area contributed by atoms with Gasteiger partial charge in [-0.3, -0.25) is 0 Å². The summed E-state index contributed by atoms with van der Waals surface area (Å²) in [6, 6.07) is -0.0778. The fourth-order valence-electron chi connectivity index (χ4n) is 2.53. The molecule has 0 spiro atoms. The van der Waals surface area contributed by atoms with Crippen LogP contribution in [0.4, 0.5) is 5.82 Å². The quantitative estimate of drug-likeness (QED) is 0.829.